The molecule has 7 heteroatoms. The second-order valence-electron chi connectivity index (χ2n) is 6.10. The molecule has 1 aromatic heterocycles. The summed E-state index contributed by atoms with van der Waals surface area (Å²) in [4.78, 5) is 38.4. The van der Waals surface area contributed by atoms with E-state index >= 15 is 0 Å². The molecule has 0 saturated carbocycles. The van der Waals surface area contributed by atoms with Crippen LogP contribution in [-0.4, -0.2) is 42.9 Å². The number of nitrogens with zero attached hydrogens (tertiary/aromatic N) is 1. The number of hydrogen-bond acceptors (Lipinski definition) is 5. The van der Waals surface area contributed by atoms with Gasteiger partial charge in [-0.2, -0.15) is 0 Å². The number of esters is 1. The topological polar surface area (TPSA) is 88.9 Å². The average molecular weight is 356 g/mol. The van der Waals surface area contributed by atoms with E-state index in [0.29, 0.717) is 42.7 Å². The number of hydrogen-bond donors (Lipinski definition) is 1. The third-order valence-corrected chi connectivity index (χ3v) is 4.51. The molecule has 1 N–H and O–H groups in total. The zero-order chi connectivity index (χ0) is 18.5. The van der Waals surface area contributed by atoms with Crippen LogP contribution in [0.25, 0.3) is 0 Å². The van der Waals surface area contributed by atoms with Gasteiger partial charge >= 0.3 is 5.97 Å². The molecule has 0 aliphatic carbocycles. The first-order chi connectivity index (χ1) is 12.6. The fraction of sp³-hybridized carbons (Fsp3) is 0.316. The van der Waals surface area contributed by atoms with Crippen molar-refractivity contribution in [2.24, 2.45) is 5.92 Å². The maximum atomic E-state index is 12.6. The molecule has 3 rings (SSSR count). The molecule has 0 atom stereocenters. The van der Waals surface area contributed by atoms with E-state index in [1.54, 1.807) is 35.2 Å². The van der Waals surface area contributed by atoms with Gasteiger partial charge in [-0.3, -0.25) is 9.59 Å². The van der Waals surface area contributed by atoms with Gasteiger partial charge in [0.15, 0.2) is 0 Å². The van der Waals surface area contributed by atoms with Gasteiger partial charge in [-0.05, 0) is 31.0 Å². The van der Waals surface area contributed by atoms with Gasteiger partial charge in [0.05, 0.1) is 30.2 Å². The summed E-state index contributed by atoms with van der Waals surface area (Å²) in [5.41, 5.74) is 1.26. The van der Waals surface area contributed by atoms with Crippen molar-refractivity contribution in [2.75, 3.05) is 25.5 Å². The Kier molecular flexibility index (Phi) is 5.36. The summed E-state index contributed by atoms with van der Waals surface area (Å²) in [5.74, 6) is -0.957. The van der Waals surface area contributed by atoms with Crippen molar-refractivity contribution in [3.05, 3.63) is 54.0 Å². The normalized spacial score (nSPS) is 14.7. The van der Waals surface area contributed by atoms with Crippen molar-refractivity contribution in [1.82, 2.24) is 4.90 Å². The van der Waals surface area contributed by atoms with Gasteiger partial charge in [0.25, 0.3) is 5.91 Å². The Morgan fingerprint density at radius 2 is 1.88 bits per heavy atom. The smallest absolute Gasteiger partial charge is 0.339 e. The maximum Gasteiger partial charge on any atom is 0.339 e. The lowest BCUT2D eigenvalue weighted by atomic mass is 9.95. The van der Waals surface area contributed by atoms with Crippen LogP contribution in [0.4, 0.5) is 5.69 Å². The minimum Gasteiger partial charge on any atom is -0.472 e. The molecule has 0 radical (unpaired) electrons. The maximum absolute atomic E-state index is 12.6. The van der Waals surface area contributed by atoms with E-state index in [2.05, 4.69) is 5.32 Å². The summed E-state index contributed by atoms with van der Waals surface area (Å²) < 4.78 is 9.68. The highest BCUT2D eigenvalue weighted by Gasteiger charge is 2.28. The summed E-state index contributed by atoms with van der Waals surface area (Å²) in [6.45, 7) is 1.00. The Balaban J connectivity index is 1.59. The number of carbonyl (C=O) groups excluding carboxylic acids is 3. The molecule has 0 bridgehead atoms. The molecule has 136 valence electrons. The predicted molar refractivity (Wildman–Crippen MR) is 93.7 cm³/mol. The molecular formula is C19H20N2O5. The zero-order valence-electron chi connectivity index (χ0n) is 14.4. The fourth-order valence-corrected chi connectivity index (χ4v) is 3.03. The summed E-state index contributed by atoms with van der Waals surface area (Å²) in [6.07, 6.45) is 4.02. The van der Waals surface area contributed by atoms with Crippen LogP contribution >= 0.6 is 0 Å². The van der Waals surface area contributed by atoms with Gasteiger partial charge in [0.1, 0.15) is 6.26 Å². The fourth-order valence-electron chi connectivity index (χ4n) is 3.03. The molecule has 1 fully saturated rings. The number of para-hydroxylation sites is 1. The van der Waals surface area contributed by atoms with Crippen molar-refractivity contribution in [3.63, 3.8) is 0 Å². The molecule has 26 heavy (non-hydrogen) atoms. The third kappa shape index (κ3) is 3.77. The molecule has 0 spiro atoms. The minimum atomic E-state index is -0.499. The Morgan fingerprint density at radius 3 is 2.54 bits per heavy atom. The molecule has 7 nitrogen and oxygen atoms in total. The van der Waals surface area contributed by atoms with Crippen LogP contribution in [0.15, 0.2) is 47.3 Å². The highest BCUT2D eigenvalue weighted by Crippen LogP contribution is 2.23. The minimum absolute atomic E-state index is 0.0892. The number of nitrogens with one attached hydrogen (secondary N) is 1. The Bertz CT molecular complexity index is 792. The van der Waals surface area contributed by atoms with Gasteiger partial charge < -0.3 is 19.4 Å². The summed E-state index contributed by atoms with van der Waals surface area (Å²) in [7, 11) is 1.30. The number of amides is 2. The van der Waals surface area contributed by atoms with E-state index in [1.807, 2.05) is 0 Å². The number of likely N-dealkylation sites (tertiary alicyclic amines) is 1. The molecule has 2 aromatic rings. The average Bonchev–Trinajstić information content (AvgIpc) is 3.22. The number of piperidine rings is 1. The van der Waals surface area contributed by atoms with Gasteiger partial charge in [-0.15, -0.1) is 0 Å². The lowest BCUT2D eigenvalue weighted by Crippen LogP contribution is -2.41. The lowest BCUT2D eigenvalue weighted by molar-refractivity contribution is -0.121. The first kappa shape index (κ1) is 17.7. The van der Waals surface area contributed by atoms with Crippen LogP contribution < -0.4 is 5.32 Å². The number of benzene rings is 1. The monoisotopic (exact) mass is 356 g/mol. The highest BCUT2D eigenvalue weighted by molar-refractivity contribution is 6.02. The van der Waals surface area contributed by atoms with E-state index in [-0.39, 0.29) is 17.7 Å². The summed E-state index contributed by atoms with van der Waals surface area (Å²) in [6, 6.07) is 8.36. The van der Waals surface area contributed by atoms with Crippen LogP contribution in [0.1, 0.15) is 33.6 Å². The van der Waals surface area contributed by atoms with Crippen LogP contribution in [-0.2, 0) is 9.53 Å². The van der Waals surface area contributed by atoms with E-state index < -0.39 is 5.97 Å². The SMILES string of the molecule is COC(=O)c1ccccc1NC(=O)C1CCN(C(=O)c2ccoc2)CC1. The van der Waals surface area contributed by atoms with Gasteiger partial charge in [0.2, 0.25) is 5.91 Å². The second kappa shape index (κ2) is 7.86. The molecule has 1 aliphatic rings. The number of carbonyl (C=O) groups is 3. The highest BCUT2D eigenvalue weighted by atomic mass is 16.5. The number of anilines is 1. The van der Waals surface area contributed by atoms with Gasteiger partial charge in [-0.1, -0.05) is 12.1 Å². The molecule has 1 aliphatic heterocycles. The molecule has 2 amide bonds. The van der Waals surface area contributed by atoms with Crippen molar-refractivity contribution in [3.8, 4) is 0 Å². The Labute approximate surface area is 150 Å². The van der Waals surface area contributed by atoms with E-state index in [0.717, 1.165) is 0 Å². The van der Waals surface area contributed by atoms with E-state index in [4.69, 9.17) is 9.15 Å². The predicted octanol–water partition coefficient (Wildman–Crippen LogP) is 2.56. The first-order valence-corrected chi connectivity index (χ1v) is 8.40. The lowest BCUT2D eigenvalue weighted by Gasteiger charge is -2.31. The van der Waals surface area contributed by atoms with Crippen molar-refractivity contribution in [1.29, 1.82) is 0 Å². The number of furan rings is 1. The molecular weight excluding hydrogens is 336 g/mol. The number of methoxy groups -OCH3 is 1. The number of rotatable bonds is 4. The van der Waals surface area contributed by atoms with Gasteiger partial charge in [-0.25, -0.2) is 4.79 Å². The molecule has 2 heterocycles. The molecule has 0 unspecified atom stereocenters. The van der Waals surface area contributed by atoms with Gasteiger partial charge in [0, 0.05) is 19.0 Å². The van der Waals surface area contributed by atoms with E-state index in [1.165, 1.54) is 19.6 Å². The molecule has 1 saturated heterocycles. The zero-order valence-corrected chi connectivity index (χ0v) is 14.4. The van der Waals surface area contributed by atoms with E-state index in [9.17, 15) is 14.4 Å². The number of ether oxygens (including phenoxy) is 1. The molecule has 1 aromatic carbocycles. The van der Waals surface area contributed by atoms with Crippen molar-refractivity contribution >= 4 is 23.5 Å². The van der Waals surface area contributed by atoms with Crippen LogP contribution in [0.5, 0.6) is 0 Å². The van der Waals surface area contributed by atoms with Crippen molar-refractivity contribution < 1.29 is 23.5 Å². The standard InChI is InChI=1S/C19H20N2O5/c1-25-19(24)15-4-2-3-5-16(15)20-17(22)13-6-9-21(10-7-13)18(23)14-8-11-26-12-14/h2-5,8,11-13H,6-7,9-10H2,1H3,(H,20,22). The first-order valence-electron chi connectivity index (χ1n) is 8.40. The second-order valence-corrected chi connectivity index (χ2v) is 6.10. The Morgan fingerprint density at radius 1 is 1.15 bits per heavy atom. The van der Waals surface area contributed by atoms with Crippen molar-refractivity contribution in [2.45, 2.75) is 12.8 Å². The summed E-state index contributed by atoms with van der Waals surface area (Å²) >= 11 is 0. The quantitative estimate of drug-likeness (QED) is 0.851. The Hall–Kier alpha value is -3.09. The van der Waals surface area contributed by atoms with Crippen LogP contribution in [0.3, 0.4) is 0 Å². The van der Waals surface area contributed by atoms with Crippen LogP contribution in [0, 0.1) is 5.92 Å². The summed E-state index contributed by atoms with van der Waals surface area (Å²) in [5, 5.41) is 2.81. The largest absolute Gasteiger partial charge is 0.472 e. The van der Waals surface area contributed by atoms with Crippen LogP contribution in [0.2, 0.25) is 0 Å². The third-order valence-electron chi connectivity index (χ3n) is 4.51.